The van der Waals surface area contributed by atoms with Crippen molar-refractivity contribution in [3.8, 4) is 0 Å². The van der Waals surface area contributed by atoms with Gasteiger partial charge >= 0.3 is 11.9 Å². The van der Waals surface area contributed by atoms with E-state index in [1.807, 2.05) is 30.3 Å². The molecule has 1 aliphatic rings. The van der Waals surface area contributed by atoms with Crippen LogP contribution in [0, 0.1) is 11.3 Å². The molecule has 178 valence electrons. The summed E-state index contributed by atoms with van der Waals surface area (Å²) in [5.74, 6) is -3.35. The highest BCUT2D eigenvalue weighted by atomic mass is 16.5. The van der Waals surface area contributed by atoms with Crippen LogP contribution in [-0.4, -0.2) is 67.6 Å². The summed E-state index contributed by atoms with van der Waals surface area (Å²) in [7, 11) is 1.53. The van der Waals surface area contributed by atoms with Gasteiger partial charge in [0.25, 0.3) is 0 Å². The summed E-state index contributed by atoms with van der Waals surface area (Å²) >= 11 is 0. The van der Waals surface area contributed by atoms with Crippen molar-refractivity contribution in [1.29, 1.82) is 0 Å². The van der Waals surface area contributed by atoms with Crippen molar-refractivity contribution in [3.05, 3.63) is 35.9 Å². The molecule has 1 saturated carbocycles. The van der Waals surface area contributed by atoms with E-state index in [9.17, 15) is 24.6 Å². The normalized spacial score (nSPS) is 16.9. The van der Waals surface area contributed by atoms with Crippen LogP contribution in [0.2, 0.25) is 0 Å². The number of rotatable bonds is 15. The van der Waals surface area contributed by atoms with Gasteiger partial charge in [0.1, 0.15) is 0 Å². The lowest BCUT2D eigenvalue weighted by atomic mass is 9.77. The molecule has 0 aromatic heterocycles. The third-order valence-corrected chi connectivity index (χ3v) is 5.80. The smallest absolute Gasteiger partial charge is 0.334 e. The zero-order valence-corrected chi connectivity index (χ0v) is 18.5. The average molecular weight is 452 g/mol. The molecule has 0 bridgehead atoms. The number of carbonyl (C=O) groups excluding carboxylic acids is 1. The number of carboxylic acids is 2. The van der Waals surface area contributed by atoms with E-state index in [1.54, 1.807) is 0 Å². The highest BCUT2D eigenvalue weighted by Crippen LogP contribution is 2.43. The second-order valence-electron chi connectivity index (χ2n) is 8.13. The quantitative estimate of drug-likeness (QED) is 0.346. The molecule has 3 N–H and O–H groups in total. The molecule has 1 aromatic rings. The number of hydrogen-bond acceptors (Lipinski definition) is 6. The van der Waals surface area contributed by atoms with Crippen molar-refractivity contribution in [2.45, 2.75) is 44.8 Å². The second-order valence-corrected chi connectivity index (χ2v) is 8.13. The van der Waals surface area contributed by atoms with E-state index in [0.717, 1.165) is 18.4 Å². The molecule has 1 amide bonds. The first kappa shape index (κ1) is 25.8. The SMILES string of the molecule is COCCOC[C@@H](CC1(C(=O)NC[C@H](OCc2ccccc2)C(=O)O)CCCC1)C(=O)O. The molecule has 1 fully saturated rings. The highest BCUT2D eigenvalue weighted by molar-refractivity contribution is 5.84. The standard InChI is InChI=1S/C23H33NO8/c1-30-11-12-31-16-18(20(25)26)13-23(9-5-6-10-23)22(29)24-14-19(21(27)28)32-15-17-7-3-2-4-8-17/h2-4,7-8,18-19H,5-6,9-16H2,1H3,(H,24,29)(H,25,26)(H,27,28)/t18-,19+/m1/s1. The van der Waals surface area contributed by atoms with Crippen molar-refractivity contribution in [2.75, 3.05) is 33.5 Å². The second kappa shape index (κ2) is 13.1. The number of nitrogens with one attached hydrogen (secondary N) is 1. The third kappa shape index (κ3) is 7.89. The van der Waals surface area contributed by atoms with Crippen molar-refractivity contribution in [3.63, 3.8) is 0 Å². The topological polar surface area (TPSA) is 131 Å². The summed E-state index contributed by atoms with van der Waals surface area (Å²) in [4.78, 5) is 36.4. The highest BCUT2D eigenvalue weighted by Gasteiger charge is 2.44. The van der Waals surface area contributed by atoms with E-state index in [1.165, 1.54) is 7.11 Å². The van der Waals surface area contributed by atoms with E-state index in [-0.39, 0.29) is 38.7 Å². The van der Waals surface area contributed by atoms with Gasteiger partial charge in [-0.3, -0.25) is 9.59 Å². The third-order valence-electron chi connectivity index (χ3n) is 5.80. The lowest BCUT2D eigenvalue weighted by molar-refractivity contribution is -0.151. The Labute approximate surface area is 188 Å². The molecule has 0 heterocycles. The maximum Gasteiger partial charge on any atom is 0.334 e. The molecule has 0 spiro atoms. The number of aliphatic carboxylic acids is 2. The molecule has 1 aromatic carbocycles. The first-order chi connectivity index (χ1) is 15.4. The molecular formula is C23H33NO8. The predicted molar refractivity (Wildman–Crippen MR) is 115 cm³/mol. The predicted octanol–water partition coefficient (Wildman–Crippen LogP) is 2.09. The van der Waals surface area contributed by atoms with E-state index >= 15 is 0 Å². The molecule has 9 heteroatoms. The van der Waals surface area contributed by atoms with Crippen LogP contribution in [0.1, 0.15) is 37.7 Å². The van der Waals surface area contributed by atoms with Gasteiger partial charge < -0.3 is 29.7 Å². The number of methoxy groups -OCH3 is 1. The Hall–Kier alpha value is -2.49. The molecule has 0 saturated heterocycles. The van der Waals surface area contributed by atoms with Crippen molar-refractivity contribution >= 4 is 17.8 Å². The molecular weight excluding hydrogens is 418 g/mol. The molecule has 0 aliphatic heterocycles. The van der Waals surface area contributed by atoms with Gasteiger partial charge in [-0.1, -0.05) is 43.2 Å². The van der Waals surface area contributed by atoms with Gasteiger partial charge in [-0.2, -0.15) is 0 Å². The summed E-state index contributed by atoms with van der Waals surface area (Å²) < 4.78 is 15.8. The van der Waals surface area contributed by atoms with Crippen molar-refractivity contribution in [2.24, 2.45) is 11.3 Å². The van der Waals surface area contributed by atoms with Gasteiger partial charge in [0, 0.05) is 7.11 Å². The molecule has 2 atom stereocenters. The van der Waals surface area contributed by atoms with Crippen LogP contribution in [0.25, 0.3) is 0 Å². The van der Waals surface area contributed by atoms with Gasteiger partial charge in [-0.25, -0.2) is 4.79 Å². The average Bonchev–Trinajstić information content (AvgIpc) is 3.26. The fourth-order valence-corrected chi connectivity index (χ4v) is 3.99. The van der Waals surface area contributed by atoms with Crippen molar-refractivity contribution < 1.29 is 38.8 Å². The molecule has 9 nitrogen and oxygen atoms in total. The molecule has 2 rings (SSSR count). The largest absolute Gasteiger partial charge is 0.481 e. The van der Waals surface area contributed by atoms with Crippen LogP contribution in [0.5, 0.6) is 0 Å². The zero-order valence-electron chi connectivity index (χ0n) is 18.5. The number of hydrogen-bond donors (Lipinski definition) is 3. The maximum atomic E-state index is 13.1. The van der Waals surface area contributed by atoms with Crippen LogP contribution >= 0.6 is 0 Å². The van der Waals surface area contributed by atoms with Gasteiger partial charge in [-0.05, 0) is 24.8 Å². The number of carbonyl (C=O) groups is 3. The Morgan fingerprint density at radius 3 is 2.34 bits per heavy atom. The van der Waals surface area contributed by atoms with Gasteiger partial charge in [0.2, 0.25) is 5.91 Å². The maximum absolute atomic E-state index is 13.1. The molecule has 32 heavy (non-hydrogen) atoms. The molecule has 0 unspecified atom stereocenters. The lowest BCUT2D eigenvalue weighted by Crippen LogP contribution is -2.46. The Balaban J connectivity index is 1.96. The Morgan fingerprint density at radius 1 is 1.06 bits per heavy atom. The van der Waals surface area contributed by atoms with Gasteiger partial charge in [-0.15, -0.1) is 0 Å². The Kier molecular flexibility index (Phi) is 10.6. The van der Waals surface area contributed by atoms with Crippen LogP contribution < -0.4 is 5.32 Å². The molecule has 0 radical (unpaired) electrons. The number of amides is 1. The summed E-state index contributed by atoms with van der Waals surface area (Å²) in [6.45, 7) is 0.547. The zero-order chi connectivity index (χ0) is 23.4. The van der Waals surface area contributed by atoms with Crippen molar-refractivity contribution in [1.82, 2.24) is 5.32 Å². The summed E-state index contributed by atoms with van der Waals surface area (Å²) in [5.41, 5.74) is -0.0222. The summed E-state index contributed by atoms with van der Waals surface area (Å²) in [6.07, 6.45) is 1.69. The summed E-state index contributed by atoms with van der Waals surface area (Å²) in [5, 5.41) is 21.8. The van der Waals surface area contributed by atoms with Crippen LogP contribution in [0.15, 0.2) is 30.3 Å². The van der Waals surface area contributed by atoms with Crippen LogP contribution in [0.4, 0.5) is 0 Å². The van der Waals surface area contributed by atoms with E-state index < -0.39 is 29.4 Å². The minimum Gasteiger partial charge on any atom is -0.481 e. The number of carboxylic acid groups (broad SMARTS) is 2. The lowest BCUT2D eigenvalue weighted by Gasteiger charge is -2.31. The number of ether oxygens (including phenoxy) is 3. The van der Waals surface area contributed by atoms with E-state index in [4.69, 9.17) is 14.2 Å². The minimum absolute atomic E-state index is 0.00827. The van der Waals surface area contributed by atoms with E-state index in [0.29, 0.717) is 19.4 Å². The first-order valence-corrected chi connectivity index (χ1v) is 10.8. The Bertz CT molecular complexity index is 733. The number of benzene rings is 1. The minimum atomic E-state index is -1.20. The Morgan fingerprint density at radius 2 is 1.75 bits per heavy atom. The van der Waals surface area contributed by atoms with Gasteiger partial charge in [0.05, 0.1) is 44.3 Å². The molecule has 1 aliphatic carbocycles. The first-order valence-electron chi connectivity index (χ1n) is 10.8. The summed E-state index contributed by atoms with van der Waals surface area (Å²) in [6, 6.07) is 9.17. The van der Waals surface area contributed by atoms with Crippen LogP contribution in [-0.2, 0) is 35.2 Å². The van der Waals surface area contributed by atoms with E-state index in [2.05, 4.69) is 5.32 Å². The fraction of sp³-hybridized carbons (Fsp3) is 0.609. The fourth-order valence-electron chi connectivity index (χ4n) is 3.99. The van der Waals surface area contributed by atoms with Gasteiger partial charge in [0.15, 0.2) is 6.10 Å². The van der Waals surface area contributed by atoms with Crippen LogP contribution in [0.3, 0.4) is 0 Å². The monoisotopic (exact) mass is 451 g/mol.